The van der Waals surface area contributed by atoms with Crippen molar-refractivity contribution in [1.29, 1.82) is 5.26 Å². The molecule has 0 spiro atoms. The first-order valence-electron chi connectivity index (χ1n) is 3.31. The Kier molecular flexibility index (Phi) is 3.89. The second kappa shape index (κ2) is 4.43. The van der Waals surface area contributed by atoms with Crippen molar-refractivity contribution in [3.63, 3.8) is 0 Å². The highest BCUT2D eigenvalue weighted by Crippen LogP contribution is 2.05. The van der Waals surface area contributed by atoms with E-state index < -0.39 is 5.91 Å². The quantitative estimate of drug-likeness (QED) is 0.723. The number of nitrogens with two attached hydrogens (primary N) is 1. The van der Waals surface area contributed by atoms with Gasteiger partial charge in [0.2, 0.25) is 0 Å². The number of rotatable bonds is 1. The van der Waals surface area contributed by atoms with E-state index in [9.17, 15) is 4.79 Å². The lowest BCUT2D eigenvalue weighted by Crippen LogP contribution is -2.14. The van der Waals surface area contributed by atoms with E-state index in [-0.39, 0.29) is 18.1 Å². The number of halogens is 1. The highest BCUT2D eigenvalue weighted by molar-refractivity contribution is 5.92. The first kappa shape index (κ1) is 11.4. The Bertz CT molecular complexity index is 370. The first-order valence-corrected chi connectivity index (χ1v) is 3.31. The summed E-state index contributed by atoms with van der Waals surface area (Å²) in [5.41, 5.74) is 6.29. The number of nitriles is 1. The summed E-state index contributed by atoms with van der Waals surface area (Å²) < 4.78 is 0. The Labute approximate surface area is 81.8 Å². The zero-order valence-electron chi connectivity index (χ0n) is 6.94. The van der Waals surface area contributed by atoms with Crippen LogP contribution in [-0.4, -0.2) is 10.9 Å². The van der Waals surface area contributed by atoms with Gasteiger partial charge in [-0.25, -0.2) is 4.98 Å². The van der Waals surface area contributed by atoms with Gasteiger partial charge in [0.1, 0.15) is 11.8 Å². The number of hydrogen-bond acceptors (Lipinski definition) is 3. The van der Waals surface area contributed by atoms with Crippen LogP contribution >= 0.6 is 12.4 Å². The van der Waals surface area contributed by atoms with Gasteiger partial charge in [-0.3, -0.25) is 4.79 Å². The van der Waals surface area contributed by atoms with E-state index in [1.807, 2.05) is 6.07 Å². The highest BCUT2D eigenvalue weighted by atomic mass is 35.5. The van der Waals surface area contributed by atoms with Crippen molar-refractivity contribution in [3.05, 3.63) is 29.1 Å². The van der Waals surface area contributed by atoms with Gasteiger partial charge in [-0.2, -0.15) is 5.26 Å². The Hall–Kier alpha value is -1.60. The molecule has 13 heavy (non-hydrogen) atoms. The van der Waals surface area contributed by atoms with Gasteiger partial charge in [-0.15, -0.1) is 12.4 Å². The van der Waals surface area contributed by atoms with Gasteiger partial charge in [-0.1, -0.05) is 0 Å². The predicted molar refractivity (Wildman–Crippen MR) is 49.5 cm³/mol. The molecular weight excluding hydrogens is 190 g/mol. The molecule has 0 fully saturated rings. The number of amides is 1. The van der Waals surface area contributed by atoms with Gasteiger partial charge in [0.15, 0.2) is 0 Å². The molecule has 1 heterocycles. The highest BCUT2D eigenvalue weighted by Gasteiger charge is 2.06. The predicted octanol–water partition coefficient (Wildman–Crippen LogP) is 0.782. The molecule has 1 rings (SSSR count). The molecule has 0 radical (unpaired) electrons. The van der Waals surface area contributed by atoms with Crippen LogP contribution in [0.5, 0.6) is 0 Å². The van der Waals surface area contributed by atoms with Crippen LogP contribution in [0.3, 0.4) is 0 Å². The molecule has 0 aliphatic rings. The van der Waals surface area contributed by atoms with Crippen LogP contribution in [0.2, 0.25) is 0 Å². The molecule has 1 aromatic rings. The van der Waals surface area contributed by atoms with Gasteiger partial charge in [-0.05, 0) is 18.6 Å². The molecule has 0 unspecified atom stereocenters. The SMILES string of the molecule is Cc1cc(C#N)cnc1C(N)=O.Cl. The Morgan fingerprint density at radius 2 is 2.31 bits per heavy atom. The number of carbonyl (C=O) groups excluding carboxylic acids is 1. The van der Waals surface area contributed by atoms with Gasteiger partial charge >= 0.3 is 0 Å². The third-order valence-corrected chi connectivity index (χ3v) is 1.44. The van der Waals surface area contributed by atoms with E-state index in [2.05, 4.69) is 4.98 Å². The van der Waals surface area contributed by atoms with Crippen molar-refractivity contribution in [3.8, 4) is 6.07 Å². The average molecular weight is 198 g/mol. The van der Waals surface area contributed by atoms with E-state index in [0.29, 0.717) is 11.1 Å². The summed E-state index contributed by atoms with van der Waals surface area (Å²) in [7, 11) is 0. The van der Waals surface area contributed by atoms with Crippen molar-refractivity contribution in [2.45, 2.75) is 6.92 Å². The van der Waals surface area contributed by atoms with Crippen molar-refractivity contribution < 1.29 is 4.79 Å². The van der Waals surface area contributed by atoms with Crippen LogP contribution in [0, 0.1) is 18.3 Å². The molecule has 0 aromatic carbocycles. The molecule has 0 bridgehead atoms. The molecule has 1 amide bonds. The number of nitrogens with zero attached hydrogens (tertiary/aromatic N) is 2. The summed E-state index contributed by atoms with van der Waals surface area (Å²) in [5, 5.41) is 8.49. The Morgan fingerprint density at radius 3 is 2.69 bits per heavy atom. The number of carbonyl (C=O) groups is 1. The summed E-state index contributed by atoms with van der Waals surface area (Å²) in [4.78, 5) is 14.4. The maximum absolute atomic E-state index is 10.7. The Balaban J connectivity index is 0.00000144. The van der Waals surface area contributed by atoms with Crippen LogP contribution in [0.1, 0.15) is 21.6 Å². The third-order valence-electron chi connectivity index (χ3n) is 1.44. The van der Waals surface area contributed by atoms with Crippen molar-refractivity contribution in [2.24, 2.45) is 5.73 Å². The summed E-state index contributed by atoms with van der Waals surface area (Å²) in [6.07, 6.45) is 1.33. The number of pyridine rings is 1. The molecule has 2 N–H and O–H groups in total. The van der Waals surface area contributed by atoms with Gasteiger partial charge in [0.05, 0.1) is 5.56 Å². The first-order chi connectivity index (χ1) is 5.65. The Morgan fingerprint density at radius 1 is 1.69 bits per heavy atom. The monoisotopic (exact) mass is 197 g/mol. The molecule has 68 valence electrons. The molecule has 0 atom stereocenters. The third kappa shape index (κ3) is 2.42. The van der Waals surface area contributed by atoms with Crippen molar-refractivity contribution in [1.82, 2.24) is 4.98 Å². The number of hydrogen-bond donors (Lipinski definition) is 1. The van der Waals surface area contributed by atoms with Crippen molar-refractivity contribution in [2.75, 3.05) is 0 Å². The van der Waals surface area contributed by atoms with Crippen molar-refractivity contribution >= 4 is 18.3 Å². The van der Waals surface area contributed by atoms with Crippen LogP contribution < -0.4 is 5.73 Å². The second-order valence-corrected chi connectivity index (χ2v) is 2.37. The van der Waals surface area contributed by atoms with Gasteiger partial charge in [0.25, 0.3) is 5.91 Å². The topological polar surface area (TPSA) is 79.8 Å². The normalized spacial score (nSPS) is 8.31. The van der Waals surface area contributed by atoms with Crippen LogP contribution in [0.25, 0.3) is 0 Å². The smallest absolute Gasteiger partial charge is 0.267 e. The largest absolute Gasteiger partial charge is 0.364 e. The lowest BCUT2D eigenvalue weighted by molar-refractivity contribution is 0.0995. The zero-order valence-corrected chi connectivity index (χ0v) is 7.76. The summed E-state index contributed by atoms with van der Waals surface area (Å²) in [5.74, 6) is -0.572. The van der Waals surface area contributed by atoms with Crippen LogP contribution in [0.15, 0.2) is 12.3 Å². The standard InChI is InChI=1S/C8H7N3O.ClH/c1-5-2-6(3-9)4-11-7(5)8(10)12;/h2,4H,1H3,(H2,10,12);1H. The van der Waals surface area contributed by atoms with Crippen LogP contribution in [-0.2, 0) is 0 Å². The molecule has 0 saturated heterocycles. The zero-order chi connectivity index (χ0) is 9.14. The van der Waals surface area contributed by atoms with E-state index >= 15 is 0 Å². The number of primary amides is 1. The lowest BCUT2D eigenvalue weighted by atomic mass is 10.1. The van der Waals surface area contributed by atoms with Gasteiger partial charge < -0.3 is 5.73 Å². The van der Waals surface area contributed by atoms with E-state index in [4.69, 9.17) is 11.0 Å². The minimum atomic E-state index is -0.572. The van der Waals surface area contributed by atoms with E-state index in [0.717, 1.165) is 0 Å². The maximum Gasteiger partial charge on any atom is 0.267 e. The number of aromatic nitrogens is 1. The minimum absolute atomic E-state index is 0. The molecule has 0 aliphatic carbocycles. The molecule has 5 heteroatoms. The maximum atomic E-state index is 10.7. The second-order valence-electron chi connectivity index (χ2n) is 2.37. The van der Waals surface area contributed by atoms with Gasteiger partial charge in [0, 0.05) is 6.20 Å². The van der Waals surface area contributed by atoms with E-state index in [1.165, 1.54) is 6.20 Å². The lowest BCUT2D eigenvalue weighted by Gasteiger charge is -1.98. The molecule has 4 nitrogen and oxygen atoms in total. The number of aryl methyl sites for hydroxylation is 1. The summed E-state index contributed by atoms with van der Waals surface area (Å²) in [6, 6.07) is 3.50. The summed E-state index contributed by atoms with van der Waals surface area (Å²) in [6.45, 7) is 1.69. The van der Waals surface area contributed by atoms with E-state index in [1.54, 1.807) is 13.0 Å². The molecule has 0 saturated carbocycles. The fourth-order valence-electron chi connectivity index (χ4n) is 0.894. The fourth-order valence-corrected chi connectivity index (χ4v) is 0.894. The van der Waals surface area contributed by atoms with Crippen LogP contribution in [0.4, 0.5) is 0 Å². The summed E-state index contributed by atoms with van der Waals surface area (Å²) >= 11 is 0. The fraction of sp³-hybridized carbons (Fsp3) is 0.125. The minimum Gasteiger partial charge on any atom is -0.364 e. The molecular formula is C8H8ClN3O. The molecule has 1 aromatic heterocycles. The average Bonchev–Trinajstić information content (AvgIpc) is 2.03. The molecule has 0 aliphatic heterocycles.